The van der Waals surface area contributed by atoms with E-state index in [9.17, 15) is 0 Å². The van der Waals surface area contributed by atoms with E-state index in [1.165, 1.54) is 0 Å². The van der Waals surface area contributed by atoms with Gasteiger partial charge in [0, 0.05) is 17.0 Å². The third-order valence-corrected chi connectivity index (χ3v) is 2.20. The van der Waals surface area contributed by atoms with Gasteiger partial charge in [-0.2, -0.15) is 0 Å². The first-order valence-electron chi connectivity index (χ1n) is 4.37. The summed E-state index contributed by atoms with van der Waals surface area (Å²) in [7, 11) is 0. The third kappa shape index (κ3) is 0.973. The van der Waals surface area contributed by atoms with Gasteiger partial charge in [-0.1, -0.05) is 12.1 Å². The molecule has 3 rings (SSSR count). The molecule has 2 radical (unpaired) electrons. The van der Waals surface area contributed by atoms with E-state index in [1.807, 2.05) is 24.3 Å². The van der Waals surface area contributed by atoms with Crippen LogP contribution in [-0.4, -0.2) is 9.97 Å². The molecule has 0 aliphatic rings. The van der Waals surface area contributed by atoms with Gasteiger partial charge < -0.3 is 0 Å². The number of rotatable bonds is 0. The maximum atomic E-state index is 4.30. The number of aromatic nitrogens is 2. The minimum atomic E-state index is 0.891. The second kappa shape index (κ2) is 2.77. The zero-order valence-corrected chi connectivity index (χ0v) is 7.36. The summed E-state index contributed by atoms with van der Waals surface area (Å²) in [6, 6.07) is 12.8. The molecule has 0 unspecified atom stereocenters. The Kier molecular flexibility index (Phi) is 1.47. The van der Waals surface area contributed by atoms with Gasteiger partial charge in [0.15, 0.2) is 0 Å². The molecule has 2 heteroatoms. The first-order chi connectivity index (χ1) is 6.95. The topological polar surface area (TPSA) is 25.8 Å². The van der Waals surface area contributed by atoms with Crippen molar-refractivity contribution in [2.75, 3.05) is 0 Å². The van der Waals surface area contributed by atoms with E-state index >= 15 is 0 Å². The van der Waals surface area contributed by atoms with Crippen LogP contribution >= 0.6 is 0 Å². The number of fused-ring (bicyclic) bond motifs is 3. The van der Waals surface area contributed by atoms with E-state index in [2.05, 4.69) is 22.2 Å². The monoisotopic (exact) mass is 178 g/mol. The zero-order chi connectivity index (χ0) is 9.38. The van der Waals surface area contributed by atoms with Gasteiger partial charge in [-0.05, 0) is 24.3 Å². The van der Waals surface area contributed by atoms with Crippen molar-refractivity contribution in [3.63, 3.8) is 0 Å². The van der Waals surface area contributed by atoms with E-state index in [0.717, 1.165) is 21.8 Å². The van der Waals surface area contributed by atoms with Crippen LogP contribution in [0.4, 0.5) is 0 Å². The quantitative estimate of drug-likeness (QED) is 0.494. The standard InChI is InChI=1S/C12H6N2/c1-3-9-5-6-10-4-2-8-14-12(10)11(9)13-7-1/h1-5,8H. The van der Waals surface area contributed by atoms with E-state index in [0.29, 0.717) is 0 Å². The average molecular weight is 178 g/mol. The molecule has 0 aliphatic carbocycles. The fourth-order valence-electron chi connectivity index (χ4n) is 1.54. The van der Waals surface area contributed by atoms with Crippen molar-refractivity contribution >= 4 is 21.8 Å². The molecule has 2 heterocycles. The van der Waals surface area contributed by atoms with Crippen molar-refractivity contribution in [3.05, 3.63) is 48.8 Å². The van der Waals surface area contributed by atoms with Gasteiger partial charge in [0.05, 0.1) is 17.2 Å². The minimum Gasteiger partial charge on any atom is -0.254 e. The average Bonchev–Trinajstić information content (AvgIpc) is 2.29. The van der Waals surface area contributed by atoms with Crippen LogP contribution in [0.1, 0.15) is 0 Å². The Morgan fingerprint density at radius 3 is 3.14 bits per heavy atom. The highest BCUT2D eigenvalue weighted by molar-refractivity contribution is 6.01. The Morgan fingerprint density at radius 2 is 2.14 bits per heavy atom. The molecular weight excluding hydrogens is 172 g/mol. The SMILES string of the molecule is [c]1ccc2c[c]c3cccnc3c2n1. The van der Waals surface area contributed by atoms with Gasteiger partial charge in [-0.25, -0.2) is 4.98 Å². The van der Waals surface area contributed by atoms with Crippen LogP contribution in [0.15, 0.2) is 36.5 Å². The summed E-state index contributed by atoms with van der Waals surface area (Å²) >= 11 is 0. The van der Waals surface area contributed by atoms with Crippen LogP contribution in [0, 0.1) is 12.3 Å². The molecule has 0 amide bonds. The molecule has 0 saturated carbocycles. The predicted octanol–water partition coefficient (Wildman–Crippen LogP) is 2.38. The molecule has 0 atom stereocenters. The fourth-order valence-corrected chi connectivity index (χ4v) is 1.54. The summed E-state index contributed by atoms with van der Waals surface area (Å²) in [5, 5.41) is 2.04. The Morgan fingerprint density at radius 1 is 1.14 bits per heavy atom. The van der Waals surface area contributed by atoms with Gasteiger partial charge in [-0.15, -0.1) is 0 Å². The molecule has 0 bridgehead atoms. The zero-order valence-electron chi connectivity index (χ0n) is 7.36. The van der Waals surface area contributed by atoms with Crippen molar-refractivity contribution < 1.29 is 0 Å². The van der Waals surface area contributed by atoms with Crippen molar-refractivity contribution in [2.45, 2.75) is 0 Å². The van der Waals surface area contributed by atoms with Crippen LogP contribution < -0.4 is 0 Å². The molecule has 64 valence electrons. The second-order valence-corrected chi connectivity index (χ2v) is 3.07. The number of nitrogens with zero attached hydrogens (tertiary/aromatic N) is 2. The second-order valence-electron chi connectivity index (χ2n) is 3.07. The lowest BCUT2D eigenvalue weighted by atomic mass is 10.1. The lowest BCUT2D eigenvalue weighted by Crippen LogP contribution is -1.83. The molecule has 0 spiro atoms. The van der Waals surface area contributed by atoms with Gasteiger partial charge >= 0.3 is 0 Å². The van der Waals surface area contributed by atoms with Crippen molar-refractivity contribution in [1.29, 1.82) is 0 Å². The molecular formula is C12H6N2. The van der Waals surface area contributed by atoms with Gasteiger partial charge in [0.25, 0.3) is 0 Å². The summed E-state index contributed by atoms with van der Waals surface area (Å²) < 4.78 is 0. The van der Waals surface area contributed by atoms with Crippen LogP contribution in [0.25, 0.3) is 21.8 Å². The molecule has 1 aromatic carbocycles. The molecule has 0 saturated heterocycles. The summed E-state index contributed by atoms with van der Waals surface area (Å²) in [5.41, 5.74) is 1.78. The Hall–Kier alpha value is -1.96. The van der Waals surface area contributed by atoms with Gasteiger partial charge in [0.1, 0.15) is 0 Å². The number of pyridine rings is 2. The van der Waals surface area contributed by atoms with Crippen molar-refractivity contribution in [2.24, 2.45) is 0 Å². The highest BCUT2D eigenvalue weighted by Gasteiger charge is 2.00. The first kappa shape index (κ1) is 7.44. The Labute approximate surface area is 81.2 Å². The predicted molar refractivity (Wildman–Crippen MR) is 54.7 cm³/mol. The normalized spacial score (nSPS) is 10.9. The van der Waals surface area contributed by atoms with Crippen LogP contribution in [0.3, 0.4) is 0 Å². The molecule has 0 fully saturated rings. The lowest BCUT2D eigenvalue weighted by molar-refractivity contribution is 1.36. The molecule has 2 nitrogen and oxygen atoms in total. The first-order valence-corrected chi connectivity index (χ1v) is 4.37. The van der Waals surface area contributed by atoms with Gasteiger partial charge in [-0.3, -0.25) is 4.98 Å². The number of benzene rings is 1. The maximum absolute atomic E-state index is 4.30. The molecule has 0 aliphatic heterocycles. The van der Waals surface area contributed by atoms with Crippen molar-refractivity contribution in [1.82, 2.24) is 9.97 Å². The largest absolute Gasteiger partial charge is 0.254 e. The summed E-state index contributed by atoms with van der Waals surface area (Å²) in [6.07, 6.45) is 4.59. The summed E-state index contributed by atoms with van der Waals surface area (Å²) in [5.74, 6) is 0. The maximum Gasteiger partial charge on any atom is 0.0973 e. The third-order valence-electron chi connectivity index (χ3n) is 2.20. The Bertz CT molecular complexity index is 547. The van der Waals surface area contributed by atoms with Crippen LogP contribution in [0.5, 0.6) is 0 Å². The fraction of sp³-hybridized carbons (Fsp3) is 0. The van der Waals surface area contributed by atoms with Gasteiger partial charge in [0.2, 0.25) is 0 Å². The molecule has 3 aromatic rings. The number of hydrogen-bond donors (Lipinski definition) is 0. The highest BCUT2D eigenvalue weighted by atomic mass is 14.7. The summed E-state index contributed by atoms with van der Waals surface area (Å²) in [4.78, 5) is 8.50. The Balaban J connectivity index is 2.61. The van der Waals surface area contributed by atoms with Crippen molar-refractivity contribution in [3.8, 4) is 0 Å². The minimum absolute atomic E-state index is 0.891. The lowest BCUT2D eigenvalue weighted by Gasteiger charge is -1.99. The van der Waals surface area contributed by atoms with E-state index in [1.54, 1.807) is 12.3 Å². The van der Waals surface area contributed by atoms with Crippen LogP contribution in [-0.2, 0) is 0 Å². The smallest absolute Gasteiger partial charge is 0.0973 e. The molecule has 2 aromatic heterocycles. The highest BCUT2D eigenvalue weighted by Crippen LogP contribution is 2.19. The van der Waals surface area contributed by atoms with E-state index < -0.39 is 0 Å². The van der Waals surface area contributed by atoms with E-state index in [-0.39, 0.29) is 0 Å². The number of hydrogen-bond acceptors (Lipinski definition) is 2. The molecule has 0 N–H and O–H groups in total. The summed E-state index contributed by atoms with van der Waals surface area (Å²) in [6.45, 7) is 0. The van der Waals surface area contributed by atoms with E-state index in [4.69, 9.17) is 0 Å². The molecule has 14 heavy (non-hydrogen) atoms. The van der Waals surface area contributed by atoms with Crippen LogP contribution in [0.2, 0.25) is 0 Å².